The maximum Gasteiger partial charge on any atom is 0.343 e. The molecule has 7 aromatic rings. The van der Waals surface area contributed by atoms with Gasteiger partial charge in [-0.25, -0.2) is 24.2 Å². The lowest BCUT2D eigenvalue weighted by Gasteiger charge is -2.15. The van der Waals surface area contributed by atoms with E-state index in [0.29, 0.717) is 67.6 Å². The van der Waals surface area contributed by atoms with Gasteiger partial charge in [0.15, 0.2) is 17.3 Å². The molecule has 16 heteroatoms. The van der Waals surface area contributed by atoms with Gasteiger partial charge in [0, 0.05) is 64.6 Å². The fourth-order valence-electron chi connectivity index (χ4n) is 8.33. The number of imide groups is 2. The molecule has 2 heterocycles. The second kappa shape index (κ2) is 24.2. The number of hydrogen-bond donors (Lipinski definition) is 1. The zero-order valence-electron chi connectivity index (χ0n) is 44.3. The van der Waals surface area contributed by atoms with Crippen molar-refractivity contribution in [3.8, 4) is 28.4 Å². The Balaban J connectivity index is 0.000000211. The molecule has 0 saturated heterocycles. The third-order valence-electron chi connectivity index (χ3n) is 13.4. The van der Waals surface area contributed by atoms with E-state index >= 15 is 0 Å². The Hall–Kier alpha value is -10.5. The van der Waals surface area contributed by atoms with E-state index in [0.717, 1.165) is 26.6 Å². The van der Waals surface area contributed by atoms with Gasteiger partial charge in [0.25, 0.3) is 23.6 Å². The Morgan fingerprint density at radius 3 is 1.10 bits per heavy atom. The first-order chi connectivity index (χ1) is 38.3. The number of esters is 3. The number of ketones is 3. The molecule has 2 aliphatic heterocycles. The Bertz CT molecular complexity index is 3680. The quantitative estimate of drug-likeness (QED) is 0.0412. The van der Waals surface area contributed by atoms with Gasteiger partial charge in [0.2, 0.25) is 0 Å². The van der Waals surface area contributed by atoms with Crippen molar-refractivity contribution in [3.63, 3.8) is 0 Å². The fraction of sp³-hybridized carbons (Fsp3) is 0.125. The zero-order valence-corrected chi connectivity index (χ0v) is 44.3. The van der Waals surface area contributed by atoms with Gasteiger partial charge in [-0.05, 0) is 167 Å². The molecule has 0 fully saturated rings. The van der Waals surface area contributed by atoms with E-state index in [-0.39, 0.29) is 70.5 Å². The lowest BCUT2D eigenvalue weighted by molar-refractivity contribution is -0.122. The highest BCUT2D eigenvalue weighted by atomic mass is 16.5. The molecule has 9 rings (SSSR count). The number of hydrogen-bond acceptors (Lipinski definition) is 14. The summed E-state index contributed by atoms with van der Waals surface area (Å²) >= 11 is 0. The summed E-state index contributed by atoms with van der Waals surface area (Å²) in [5.41, 5.74) is 6.82. The first-order valence-electron chi connectivity index (χ1n) is 25.1. The number of amides is 4. The number of carbonyl (C=O) groups excluding carboxylic acids is 10. The van der Waals surface area contributed by atoms with Gasteiger partial charge in [0.05, 0.1) is 28.1 Å². The van der Waals surface area contributed by atoms with Gasteiger partial charge in [-0.2, -0.15) is 0 Å². The molecule has 4 amide bonds. The molecule has 7 aromatic carbocycles. The normalized spacial score (nSPS) is 13.0. The highest BCUT2D eigenvalue weighted by molar-refractivity contribution is 6.33. The van der Waals surface area contributed by atoms with Crippen LogP contribution >= 0.6 is 0 Å². The molecule has 0 unspecified atom stereocenters. The Morgan fingerprint density at radius 2 is 0.713 bits per heavy atom. The summed E-state index contributed by atoms with van der Waals surface area (Å²) in [6, 6.07) is 45.5. The second-order valence-corrected chi connectivity index (χ2v) is 18.5. The Labute approximate surface area is 459 Å². The lowest BCUT2D eigenvalue weighted by Crippen LogP contribution is -2.31. The summed E-state index contributed by atoms with van der Waals surface area (Å²) in [5, 5.41) is 2.98. The summed E-state index contributed by atoms with van der Waals surface area (Å²) in [6.45, 7) is 7.86. The van der Waals surface area contributed by atoms with E-state index < -0.39 is 17.9 Å². The Kier molecular flexibility index (Phi) is 16.9. The average Bonchev–Trinajstić information content (AvgIpc) is 3.80. The largest absolute Gasteiger partial charge is 0.423 e. The number of ether oxygens (including phenoxy) is 3. The summed E-state index contributed by atoms with van der Waals surface area (Å²) in [7, 11) is 1.79. The van der Waals surface area contributed by atoms with Crippen molar-refractivity contribution >= 4 is 75.9 Å². The minimum Gasteiger partial charge on any atom is -0.423 e. The van der Waals surface area contributed by atoms with Crippen LogP contribution < -0.4 is 29.3 Å². The molecule has 0 aliphatic carbocycles. The summed E-state index contributed by atoms with van der Waals surface area (Å²) in [4.78, 5) is 126. The van der Waals surface area contributed by atoms with E-state index in [9.17, 15) is 47.9 Å². The first-order valence-corrected chi connectivity index (χ1v) is 25.1. The third kappa shape index (κ3) is 12.5. The maximum absolute atomic E-state index is 12.7. The van der Waals surface area contributed by atoms with E-state index in [4.69, 9.17) is 14.2 Å². The van der Waals surface area contributed by atoms with E-state index in [2.05, 4.69) is 5.32 Å². The molecular formula is C64H51N3O13. The summed E-state index contributed by atoms with van der Waals surface area (Å²) in [5.74, 6) is -2.85. The molecule has 0 bridgehead atoms. The molecule has 2 aliphatic rings. The van der Waals surface area contributed by atoms with Gasteiger partial charge in [-0.15, -0.1) is 0 Å². The van der Waals surface area contributed by atoms with Gasteiger partial charge < -0.3 is 19.5 Å². The number of rotatable bonds is 16. The maximum atomic E-state index is 12.7. The summed E-state index contributed by atoms with van der Waals surface area (Å²) < 4.78 is 16.3. The van der Waals surface area contributed by atoms with Crippen LogP contribution in [-0.2, 0) is 19.2 Å². The molecule has 1 N–H and O–H groups in total. The first kappa shape index (κ1) is 55.7. The monoisotopic (exact) mass is 1070 g/mol. The van der Waals surface area contributed by atoms with E-state index in [1.54, 1.807) is 144 Å². The van der Waals surface area contributed by atoms with Crippen molar-refractivity contribution in [2.45, 2.75) is 47.5 Å². The predicted octanol–water partition coefficient (Wildman–Crippen LogP) is 11.2. The van der Waals surface area contributed by atoms with Crippen LogP contribution in [0.5, 0.6) is 17.2 Å². The van der Waals surface area contributed by atoms with E-state index in [1.165, 1.54) is 67.6 Å². The van der Waals surface area contributed by atoms with Crippen LogP contribution in [0.3, 0.4) is 0 Å². The van der Waals surface area contributed by atoms with Crippen molar-refractivity contribution in [1.82, 2.24) is 0 Å². The third-order valence-corrected chi connectivity index (χ3v) is 13.4. The van der Waals surface area contributed by atoms with Crippen LogP contribution in [0.1, 0.15) is 110 Å². The minimum absolute atomic E-state index is 0.0357. The topological polar surface area (TPSA) is 217 Å². The smallest absolute Gasteiger partial charge is 0.343 e. The van der Waals surface area contributed by atoms with Crippen LogP contribution in [0, 0.1) is 0 Å². The minimum atomic E-state index is -0.594. The number of Topliss-reactive ketones (excluding diaryl/α,β-unsaturated/α-hetero) is 3. The molecule has 0 radical (unpaired) electrons. The number of carbonyl (C=O) groups is 10. The average molecular weight is 1070 g/mol. The van der Waals surface area contributed by atoms with Crippen molar-refractivity contribution in [3.05, 3.63) is 226 Å². The van der Waals surface area contributed by atoms with E-state index in [1.807, 2.05) is 0 Å². The van der Waals surface area contributed by atoms with Crippen molar-refractivity contribution in [1.29, 1.82) is 0 Å². The predicted molar refractivity (Wildman–Crippen MR) is 298 cm³/mol. The van der Waals surface area contributed by atoms with Gasteiger partial charge in [-0.1, -0.05) is 48.5 Å². The second-order valence-electron chi connectivity index (χ2n) is 18.5. The molecule has 0 atom stereocenters. The number of nitrogens with one attached hydrogen (secondary N) is 1. The molecule has 16 nitrogen and oxygen atoms in total. The molecule has 0 spiro atoms. The van der Waals surface area contributed by atoms with Crippen LogP contribution in [0.25, 0.3) is 11.1 Å². The Morgan fingerprint density at radius 1 is 0.388 bits per heavy atom. The van der Waals surface area contributed by atoms with Crippen LogP contribution in [0.2, 0.25) is 0 Å². The SMILES string of the molecule is CC(=O)c1cccc(C(=O)Oc2ccc(-c3ccc(OC(=O)c4ccc(N5C(=O)C(C)=C(C)C5=O)cc4)cc3)cc2)c1.CNc1ccc(OC(=O)c2cccc(C(=O)CCC(=O)c3ccc(N4C(=O)C(C)=C(C)C4=O)cc3)c2)cc1. The van der Waals surface area contributed by atoms with Crippen molar-refractivity contribution < 1.29 is 62.2 Å². The van der Waals surface area contributed by atoms with Crippen molar-refractivity contribution in [2.75, 3.05) is 22.2 Å². The van der Waals surface area contributed by atoms with Crippen LogP contribution in [0.4, 0.5) is 17.1 Å². The number of anilines is 3. The molecule has 0 aromatic heterocycles. The van der Waals surface area contributed by atoms with Gasteiger partial charge in [0.1, 0.15) is 17.2 Å². The standard InChI is InChI=1S/C34H25NO7.C30H26N2O6/c1-20-21(2)32(38)35(31(20)37)28-13-7-25(8-14-28)33(39)41-29-15-9-23(10-16-29)24-11-17-30(18-12-24)42-34(40)27-6-4-5-26(19-27)22(3)36;1-18-19(2)29(36)32(28(18)35)24-11-7-20(8-12-24)26(33)15-16-27(34)21-5-4-6-22(17-21)30(37)38-25-13-9-23(31-3)10-14-25/h4-19H,1-3H3;4-14,17,31H,15-16H2,1-3H3. The molecule has 80 heavy (non-hydrogen) atoms. The fourth-order valence-corrected chi connectivity index (χ4v) is 8.33. The molecule has 400 valence electrons. The zero-order chi connectivity index (χ0) is 57.4. The van der Waals surface area contributed by atoms with Crippen LogP contribution in [0.15, 0.2) is 192 Å². The molecular weight excluding hydrogens is 1020 g/mol. The van der Waals surface area contributed by atoms with Gasteiger partial charge in [-0.3, -0.25) is 33.6 Å². The number of benzene rings is 7. The number of nitrogens with zero attached hydrogens (tertiary/aromatic N) is 2. The highest BCUT2D eigenvalue weighted by Gasteiger charge is 2.36. The molecule has 0 saturated carbocycles. The summed E-state index contributed by atoms with van der Waals surface area (Å²) in [6.07, 6.45) is -0.0814. The lowest BCUT2D eigenvalue weighted by atomic mass is 10.00. The highest BCUT2D eigenvalue weighted by Crippen LogP contribution is 2.30. The van der Waals surface area contributed by atoms with Crippen molar-refractivity contribution in [2.24, 2.45) is 0 Å². The van der Waals surface area contributed by atoms with Crippen LogP contribution in [-0.4, -0.2) is 65.9 Å². The van der Waals surface area contributed by atoms with Gasteiger partial charge >= 0.3 is 17.9 Å².